The number of hydrogen-bond donors (Lipinski definition) is 1. The van der Waals surface area contributed by atoms with Crippen molar-refractivity contribution < 1.29 is 4.79 Å². The van der Waals surface area contributed by atoms with Crippen molar-refractivity contribution in [3.05, 3.63) is 0 Å². The second kappa shape index (κ2) is 4.47. The minimum atomic E-state index is 0.233. The quantitative estimate of drug-likeness (QED) is 0.824. The van der Waals surface area contributed by atoms with Gasteiger partial charge in [-0.15, -0.1) is 0 Å². The number of amides is 1. The third-order valence-electron chi connectivity index (χ3n) is 6.30. The second-order valence-electron chi connectivity index (χ2n) is 7.63. The van der Waals surface area contributed by atoms with Crippen molar-refractivity contribution >= 4 is 5.91 Å². The van der Waals surface area contributed by atoms with E-state index in [1.165, 1.54) is 32.1 Å². The molecule has 5 fully saturated rings. The van der Waals surface area contributed by atoms with Gasteiger partial charge in [-0.05, 0) is 68.9 Å². The van der Waals surface area contributed by atoms with Crippen molar-refractivity contribution in [2.45, 2.75) is 45.1 Å². The number of fused-ring (bicyclic) bond motifs is 1. The van der Waals surface area contributed by atoms with Crippen LogP contribution >= 0.6 is 0 Å². The van der Waals surface area contributed by atoms with Crippen LogP contribution in [0.25, 0.3) is 0 Å². The van der Waals surface area contributed by atoms with Crippen LogP contribution in [0.2, 0.25) is 0 Å². The van der Waals surface area contributed by atoms with E-state index in [9.17, 15) is 4.79 Å². The zero-order valence-electron chi connectivity index (χ0n) is 12.0. The first-order valence-corrected chi connectivity index (χ1v) is 8.22. The number of rotatable bonds is 2. The number of nitrogens with one attached hydrogen (secondary N) is 1. The standard InChI is InChI=1S/C16H26N2O/c1-10(14-7-17-8-14)16(19)18-9-13-3-11-2-12(4-13)6-15(18)5-11/h10-15,17H,2-9H2,1H3. The van der Waals surface area contributed by atoms with Crippen molar-refractivity contribution in [2.75, 3.05) is 19.6 Å². The van der Waals surface area contributed by atoms with Crippen LogP contribution in [0.15, 0.2) is 0 Å². The topological polar surface area (TPSA) is 32.3 Å². The molecule has 19 heavy (non-hydrogen) atoms. The van der Waals surface area contributed by atoms with E-state index in [1.807, 2.05) is 0 Å². The average Bonchev–Trinajstić information content (AvgIpc) is 2.50. The second-order valence-corrected chi connectivity index (χ2v) is 7.63. The Bertz CT molecular complexity index is 365. The van der Waals surface area contributed by atoms with Crippen LogP contribution in [0.3, 0.4) is 0 Å². The molecule has 3 atom stereocenters. The molecule has 5 rings (SSSR count). The summed E-state index contributed by atoms with van der Waals surface area (Å²) in [5, 5.41) is 3.30. The molecule has 0 aromatic rings. The summed E-state index contributed by atoms with van der Waals surface area (Å²) < 4.78 is 0. The summed E-state index contributed by atoms with van der Waals surface area (Å²) in [7, 11) is 0. The van der Waals surface area contributed by atoms with Gasteiger partial charge in [0.15, 0.2) is 0 Å². The first-order chi connectivity index (χ1) is 9.20. The molecule has 3 saturated heterocycles. The Morgan fingerprint density at radius 3 is 2.26 bits per heavy atom. The lowest BCUT2D eigenvalue weighted by molar-refractivity contribution is -0.140. The highest BCUT2D eigenvalue weighted by atomic mass is 16.2. The van der Waals surface area contributed by atoms with Crippen LogP contribution < -0.4 is 5.32 Å². The van der Waals surface area contributed by atoms with E-state index in [1.54, 1.807) is 0 Å². The molecule has 106 valence electrons. The zero-order valence-corrected chi connectivity index (χ0v) is 12.0. The lowest BCUT2D eigenvalue weighted by Gasteiger charge is -2.40. The van der Waals surface area contributed by atoms with Gasteiger partial charge in [-0.1, -0.05) is 6.92 Å². The minimum absolute atomic E-state index is 0.233. The van der Waals surface area contributed by atoms with Crippen molar-refractivity contribution in [3.8, 4) is 0 Å². The molecular weight excluding hydrogens is 236 g/mol. The molecule has 5 aliphatic rings. The van der Waals surface area contributed by atoms with Crippen molar-refractivity contribution in [1.82, 2.24) is 10.2 Å². The predicted molar refractivity (Wildman–Crippen MR) is 74.6 cm³/mol. The Kier molecular flexibility index (Phi) is 2.87. The monoisotopic (exact) mass is 262 g/mol. The van der Waals surface area contributed by atoms with E-state index in [0.717, 1.165) is 37.4 Å². The van der Waals surface area contributed by atoms with Gasteiger partial charge < -0.3 is 10.2 Å². The molecule has 3 unspecified atom stereocenters. The van der Waals surface area contributed by atoms with Crippen LogP contribution in [0.5, 0.6) is 0 Å². The minimum Gasteiger partial charge on any atom is -0.339 e. The molecular formula is C16H26N2O. The smallest absolute Gasteiger partial charge is 0.226 e. The highest BCUT2D eigenvalue weighted by molar-refractivity contribution is 5.79. The lowest BCUT2D eigenvalue weighted by Crippen LogP contribution is -2.52. The number of carbonyl (C=O) groups excluding carboxylic acids is 1. The number of carbonyl (C=O) groups is 1. The Morgan fingerprint density at radius 2 is 1.68 bits per heavy atom. The van der Waals surface area contributed by atoms with Crippen LogP contribution in [0.4, 0.5) is 0 Å². The molecule has 3 heteroatoms. The summed E-state index contributed by atoms with van der Waals surface area (Å²) in [6, 6.07) is 0.583. The zero-order chi connectivity index (χ0) is 13.0. The maximum atomic E-state index is 12.8. The summed E-state index contributed by atoms with van der Waals surface area (Å²) in [6.07, 6.45) is 6.85. The van der Waals surface area contributed by atoms with E-state index in [2.05, 4.69) is 17.1 Å². The first-order valence-electron chi connectivity index (χ1n) is 8.22. The fourth-order valence-corrected chi connectivity index (χ4v) is 5.18. The lowest BCUT2D eigenvalue weighted by atomic mass is 9.68. The van der Waals surface area contributed by atoms with E-state index < -0.39 is 0 Å². The van der Waals surface area contributed by atoms with Crippen LogP contribution in [0.1, 0.15) is 39.0 Å². The van der Waals surface area contributed by atoms with Gasteiger partial charge in [0.1, 0.15) is 0 Å². The summed E-state index contributed by atoms with van der Waals surface area (Å²) in [6.45, 7) is 5.31. The van der Waals surface area contributed by atoms with Crippen molar-refractivity contribution in [1.29, 1.82) is 0 Å². The highest BCUT2D eigenvalue weighted by Gasteiger charge is 2.45. The van der Waals surface area contributed by atoms with Crippen molar-refractivity contribution in [2.24, 2.45) is 29.6 Å². The third-order valence-corrected chi connectivity index (χ3v) is 6.30. The van der Waals surface area contributed by atoms with Gasteiger partial charge in [-0.2, -0.15) is 0 Å². The maximum Gasteiger partial charge on any atom is 0.226 e. The fourth-order valence-electron chi connectivity index (χ4n) is 5.18. The van der Waals surface area contributed by atoms with Crippen molar-refractivity contribution in [3.63, 3.8) is 0 Å². The fraction of sp³-hybridized carbons (Fsp3) is 0.938. The normalized spacial score (nSPS) is 42.9. The van der Waals surface area contributed by atoms with Gasteiger partial charge in [-0.3, -0.25) is 4.79 Å². The molecule has 0 aromatic carbocycles. The molecule has 3 aliphatic heterocycles. The molecule has 0 radical (unpaired) electrons. The SMILES string of the molecule is CC(C(=O)N1CC2CC3CC(C2)CC1C3)C1CNC1. The van der Waals surface area contributed by atoms with Gasteiger partial charge in [0, 0.05) is 18.5 Å². The Labute approximate surface area is 116 Å². The Balaban J connectivity index is 1.52. The molecule has 2 aliphatic carbocycles. The Morgan fingerprint density at radius 1 is 1.05 bits per heavy atom. The molecule has 3 heterocycles. The maximum absolute atomic E-state index is 12.8. The van der Waals surface area contributed by atoms with Crippen LogP contribution in [-0.4, -0.2) is 36.5 Å². The van der Waals surface area contributed by atoms with Gasteiger partial charge in [0.25, 0.3) is 0 Å². The van der Waals surface area contributed by atoms with Gasteiger partial charge in [0.05, 0.1) is 0 Å². The summed E-state index contributed by atoms with van der Waals surface area (Å²) in [4.78, 5) is 15.2. The molecule has 0 aromatic heterocycles. The van der Waals surface area contributed by atoms with Crippen LogP contribution in [-0.2, 0) is 4.79 Å². The average molecular weight is 262 g/mol. The summed E-state index contributed by atoms with van der Waals surface area (Å²) in [5.74, 6) is 3.96. The van der Waals surface area contributed by atoms with Gasteiger partial charge in [0.2, 0.25) is 5.91 Å². The largest absolute Gasteiger partial charge is 0.339 e. The number of hydrogen-bond acceptors (Lipinski definition) is 2. The molecule has 4 bridgehead atoms. The van der Waals surface area contributed by atoms with Gasteiger partial charge in [-0.25, -0.2) is 0 Å². The molecule has 1 amide bonds. The molecule has 3 nitrogen and oxygen atoms in total. The van der Waals surface area contributed by atoms with Crippen LogP contribution in [0, 0.1) is 29.6 Å². The Hall–Kier alpha value is -0.570. The number of nitrogens with zero attached hydrogens (tertiary/aromatic N) is 1. The van der Waals surface area contributed by atoms with E-state index in [-0.39, 0.29) is 5.92 Å². The molecule has 2 saturated carbocycles. The summed E-state index contributed by atoms with van der Waals surface area (Å²) >= 11 is 0. The summed E-state index contributed by atoms with van der Waals surface area (Å²) in [5.41, 5.74) is 0. The third kappa shape index (κ3) is 2.01. The predicted octanol–water partition coefficient (Wildman–Crippen LogP) is 1.88. The molecule has 0 spiro atoms. The van der Waals surface area contributed by atoms with E-state index in [4.69, 9.17) is 0 Å². The van der Waals surface area contributed by atoms with E-state index >= 15 is 0 Å². The molecule has 1 N–H and O–H groups in total. The first kappa shape index (κ1) is 12.2. The van der Waals surface area contributed by atoms with Gasteiger partial charge >= 0.3 is 0 Å². The van der Waals surface area contributed by atoms with E-state index in [0.29, 0.717) is 17.9 Å². The highest BCUT2D eigenvalue weighted by Crippen LogP contribution is 2.47.